The van der Waals surface area contributed by atoms with Crippen LogP contribution in [0.2, 0.25) is 0 Å². The summed E-state index contributed by atoms with van der Waals surface area (Å²) in [4.78, 5) is 0. The van der Waals surface area contributed by atoms with Crippen LogP contribution in [-0.2, 0) is 0 Å². The Bertz CT molecular complexity index is 159. The molecule has 1 saturated carbocycles. The molecular formula is C14H27N. The fourth-order valence-corrected chi connectivity index (χ4v) is 2.54. The van der Waals surface area contributed by atoms with E-state index in [0.717, 1.165) is 12.0 Å². The Morgan fingerprint density at radius 2 is 2.00 bits per heavy atom. The zero-order valence-electron chi connectivity index (χ0n) is 10.3. The van der Waals surface area contributed by atoms with Crippen molar-refractivity contribution in [2.24, 2.45) is 5.92 Å². The van der Waals surface area contributed by atoms with E-state index in [1.807, 2.05) is 6.08 Å². The molecule has 88 valence electrons. The van der Waals surface area contributed by atoms with E-state index in [0.29, 0.717) is 0 Å². The van der Waals surface area contributed by atoms with E-state index in [9.17, 15) is 0 Å². The second-order valence-corrected chi connectivity index (χ2v) is 4.93. The van der Waals surface area contributed by atoms with Crippen molar-refractivity contribution >= 4 is 0 Å². The van der Waals surface area contributed by atoms with Gasteiger partial charge in [0.2, 0.25) is 0 Å². The maximum atomic E-state index is 3.74. The zero-order chi connectivity index (χ0) is 10.9. The molecule has 0 aromatic heterocycles. The third-order valence-corrected chi connectivity index (χ3v) is 3.66. The highest BCUT2D eigenvalue weighted by molar-refractivity contribution is 4.77. The van der Waals surface area contributed by atoms with Crippen LogP contribution in [0.25, 0.3) is 0 Å². The average molecular weight is 209 g/mol. The van der Waals surface area contributed by atoms with Crippen LogP contribution in [0.1, 0.15) is 58.3 Å². The fraction of sp³-hybridized carbons (Fsp3) is 0.857. The lowest BCUT2D eigenvalue weighted by atomic mass is 10.00. The van der Waals surface area contributed by atoms with Crippen molar-refractivity contribution in [3.8, 4) is 0 Å². The highest BCUT2D eigenvalue weighted by atomic mass is 14.9. The molecule has 0 amide bonds. The highest BCUT2D eigenvalue weighted by Crippen LogP contribution is 2.27. The van der Waals surface area contributed by atoms with Crippen LogP contribution in [-0.4, -0.2) is 12.6 Å². The van der Waals surface area contributed by atoms with Crippen molar-refractivity contribution in [1.29, 1.82) is 0 Å². The molecule has 0 radical (unpaired) electrons. The second kappa shape index (κ2) is 7.92. The van der Waals surface area contributed by atoms with Gasteiger partial charge in [0.25, 0.3) is 0 Å². The van der Waals surface area contributed by atoms with Gasteiger partial charge in [-0.3, -0.25) is 0 Å². The summed E-state index contributed by atoms with van der Waals surface area (Å²) in [7, 11) is 0. The van der Waals surface area contributed by atoms with Crippen LogP contribution >= 0.6 is 0 Å². The van der Waals surface area contributed by atoms with Gasteiger partial charge in [-0.15, -0.1) is 6.58 Å². The predicted molar refractivity (Wildman–Crippen MR) is 68.1 cm³/mol. The van der Waals surface area contributed by atoms with Crippen molar-refractivity contribution in [1.82, 2.24) is 5.32 Å². The first-order valence-electron chi connectivity index (χ1n) is 6.69. The summed E-state index contributed by atoms with van der Waals surface area (Å²) >= 11 is 0. The Balaban J connectivity index is 1.92. The number of hydrogen-bond donors (Lipinski definition) is 1. The summed E-state index contributed by atoms with van der Waals surface area (Å²) < 4.78 is 0. The second-order valence-electron chi connectivity index (χ2n) is 4.93. The molecule has 1 aliphatic rings. The molecule has 1 fully saturated rings. The minimum absolute atomic E-state index is 0.743. The normalized spacial score (nSPS) is 19.3. The number of hydrogen-bond acceptors (Lipinski definition) is 1. The van der Waals surface area contributed by atoms with Crippen molar-refractivity contribution in [3.05, 3.63) is 12.7 Å². The lowest BCUT2D eigenvalue weighted by Gasteiger charge is -2.20. The SMILES string of the molecule is C=CCCCCCN[C@@H](C)C1CCCC1. The molecule has 0 saturated heterocycles. The summed E-state index contributed by atoms with van der Waals surface area (Å²) in [5, 5.41) is 3.68. The highest BCUT2D eigenvalue weighted by Gasteiger charge is 2.20. The van der Waals surface area contributed by atoms with Gasteiger partial charge in [-0.2, -0.15) is 0 Å². The van der Waals surface area contributed by atoms with Crippen molar-refractivity contribution in [2.45, 2.75) is 64.3 Å². The molecule has 15 heavy (non-hydrogen) atoms. The molecule has 0 unspecified atom stereocenters. The Hall–Kier alpha value is -0.300. The maximum Gasteiger partial charge on any atom is 0.00669 e. The van der Waals surface area contributed by atoms with Crippen molar-refractivity contribution in [2.75, 3.05) is 6.54 Å². The van der Waals surface area contributed by atoms with E-state index < -0.39 is 0 Å². The van der Waals surface area contributed by atoms with Crippen LogP contribution in [0.4, 0.5) is 0 Å². The van der Waals surface area contributed by atoms with Gasteiger partial charge in [0.1, 0.15) is 0 Å². The molecule has 0 spiro atoms. The standard InChI is InChI=1S/C14H27N/c1-3-4-5-6-9-12-15-13(2)14-10-7-8-11-14/h3,13-15H,1,4-12H2,2H3/t13-/m0/s1. The average Bonchev–Trinajstić information content (AvgIpc) is 2.76. The smallest absolute Gasteiger partial charge is 0.00669 e. The van der Waals surface area contributed by atoms with E-state index >= 15 is 0 Å². The summed E-state index contributed by atoms with van der Waals surface area (Å²) in [5.74, 6) is 0.957. The van der Waals surface area contributed by atoms with Gasteiger partial charge in [-0.1, -0.05) is 25.3 Å². The molecule has 0 aliphatic heterocycles. The zero-order valence-corrected chi connectivity index (χ0v) is 10.3. The van der Waals surface area contributed by atoms with Gasteiger partial charge in [-0.05, 0) is 51.5 Å². The van der Waals surface area contributed by atoms with E-state index in [1.54, 1.807) is 0 Å². The van der Waals surface area contributed by atoms with Gasteiger partial charge < -0.3 is 5.32 Å². The van der Waals surface area contributed by atoms with E-state index in [-0.39, 0.29) is 0 Å². The molecule has 1 rings (SSSR count). The minimum atomic E-state index is 0.743. The maximum absolute atomic E-state index is 3.74. The molecule has 0 bridgehead atoms. The minimum Gasteiger partial charge on any atom is -0.314 e. The first kappa shape index (κ1) is 12.8. The first-order chi connectivity index (χ1) is 7.34. The number of unbranched alkanes of at least 4 members (excludes halogenated alkanes) is 3. The van der Waals surface area contributed by atoms with E-state index in [2.05, 4.69) is 18.8 Å². The molecule has 0 aromatic carbocycles. The van der Waals surface area contributed by atoms with Gasteiger partial charge in [0.15, 0.2) is 0 Å². The topological polar surface area (TPSA) is 12.0 Å². The van der Waals surface area contributed by atoms with Crippen LogP contribution in [0.3, 0.4) is 0 Å². The quantitative estimate of drug-likeness (QED) is 0.472. The Labute approximate surface area is 95.3 Å². The number of nitrogens with one attached hydrogen (secondary N) is 1. The molecule has 0 aromatic rings. The van der Waals surface area contributed by atoms with Gasteiger partial charge in [-0.25, -0.2) is 0 Å². The Morgan fingerprint density at radius 3 is 2.67 bits per heavy atom. The van der Waals surface area contributed by atoms with Crippen LogP contribution < -0.4 is 5.32 Å². The summed E-state index contributed by atoms with van der Waals surface area (Å²) in [6, 6.07) is 0.743. The molecule has 1 N–H and O–H groups in total. The number of rotatable bonds is 8. The number of allylic oxidation sites excluding steroid dienone is 1. The van der Waals surface area contributed by atoms with E-state index in [4.69, 9.17) is 0 Å². The van der Waals surface area contributed by atoms with Gasteiger partial charge in [0, 0.05) is 6.04 Å². The molecule has 0 heterocycles. The third kappa shape index (κ3) is 5.36. The summed E-state index contributed by atoms with van der Waals surface area (Å²) in [6.45, 7) is 7.31. The van der Waals surface area contributed by atoms with E-state index in [1.165, 1.54) is 57.9 Å². The van der Waals surface area contributed by atoms with Crippen molar-refractivity contribution < 1.29 is 0 Å². The molecule has 1 nitrogen and oxygen atoms in total. The molecule has 1 atom stereocenters. The van der Waals surface area contributed by atoms with Gasteiger partial charge in [0.05, 0.1) is 0 Å². The van der Waals surface area contributed by atoms with Crippen LogP contribution in [0.5, 0.6) is 0 Å². The summed E-state index contributed by atoms with van der Waals surface area (Å²) in [5.41, 5.74) is 0. The molecular weight excluding hydrogens is 182 g/mol. The van der Waals surface area contributed by atoms with Crippen LogP contribution in [0, 0.1) is 5.92 Å². The summed E-state index contributed by atoms with van der Waals surface area (Å²) in [6.07, 6.45) is 13.0. The first-order valence-corrected chi connectivity index (χ1v) is 6.69. The monoisotopic (exact) mass is 209 g/mol. The fourth-order valence-electron chi connectivity index (χ4n) is 2.54. The Morgan fingerprint density at radius 1 is 1.27 bits per heavy atom. The van der Waals surface area contributed by atoms with Gasteiger partial charge >= 0.3 is 0 Å². The lowest BCUT2D eigenvalue weighted by Crippen LogP contribution is -2.32. The Kier molecular flexibility index (Phi) is 6.74. The molecule has 1 heteroatoms. The predicted octanol–water partition coefficient (Wildman–Crippen LogP) is 3.90. The largest absolute Gasteiger partial charge is 0.314 e. The van der Waals surface area contributed by atoms with Crippen molar-refractivity contribution in [3.63, 3.8) is 0 Å². The lowest BCUT2D eigenvalue weighted by molar-refractivity contribution is 0.378. The van der Waals surface area contributed by atoms with Crippen LogP contribution in [0.15, 0.2) is 12.7 Å². The third-order valence-electron chi connectivity index (χ3n) is 3.66. The molecule has 1 aliphatic carbocycles.